The maximum absolute atomic E-state index is 12.3. The Hall–Kier alpha value is -2.67. The molecule has 0 spiro atoms. The first-order valence-electron chi connectivity index (χ1n) is 8.52. The molecule has 0 radical (unpaired) electrons. The number of aryl methyl sites for hydroxylation is 1. The summed E-state index contributed by atoms with van der Waals surface area (Å²) < 4.78 is 0. The zero-order chi connectivity index (χ0) is 18.7. The monoisotopic (exact) mass is 371 g/mol. The van der Waals surface area contributed by atoms with Crippen molar-refractivity contribution in [2.45, 2.75) is 32.7 Å². The summed E-state index contributed by atoms with van der Waals surface area (Å²) in [6, 6.07) is 8.31. The number of carbonyl (C=O) groups is 3. The summed E-state index contributed by atoms with van der Waals surface area (Å²) in [5.41, 5.74) is 2.44. The van der Waals surface area contributed by atoms with Crippen LogP contribution in [0.25, 0.3) is 0 Å². The maximum Gasteiger partial charge on any atom is 0.261 e. The molecule has 1 saturated heterocycles. The molecule has 0 aliphatic carbocycles. The lowest BCUT2D eigenvalue weighted by Gasteiger charge is -2.19. The Labute approximate surface area is 156 Å². The number of nitrogens with zero attached hydrogens (tertiary/aromatic N) is 1. The highest BCUT2D eigenvalue weighted by molar-refractivity contribution is 7.12. The first-order valence-corrected chi connectivity index (χ1v) is 9.40. The summed E-state index contributed by atoms with van der Waals surface area (Å²) in [5.74, 6) is -0.421. The molecule has 6 nitrogen and oxygen atoms in total. The highest BCUT2D eigenvalue weighted by atomic mass is 32.1. The van der Waals surface area contributed by atoms with Crippen LogP contribution in [0.5, 0.6) is 0 Å². The van der Waals surface area contributed by atoms with E-state index in [0.717, 1.165) is 24.2 Å². The van der Waals surface area contributed by atoms with E-state index in [1.165, 1.54) is 11.3 Å². The Kier molecular flexibility index (Phi) is 5.37. The number of amides is 3. The molecule has 7 heteroatoms. The molecule has 2 aromatic rings. The van der Waals surface area contributed by atoms with Crippen LogP contribution in [0.4, 0.5) is 11.4 Å². The van der Waals surface area contributed by atoms with Crippen molar-refractivity contribution in [2.75, 3.05) is 16.8 Å². The molecule has 2 heterocycles. The van der Waals surface area contributed by atoms with Gasteiger partial charge in [-0.15, -0.1) is 11.3 Å². The van der Waals surface area contributed by atoms with Gasteiger partial charge in [0.05, 0.1) is 4.88 Å². The van der Waals surface area contributed by atoms with Crippen LogP contribution in [-0.2, 0) is 9.59 Å². The van der Waals surface area contributed by atoms with Crippen molar-refractivity contribution in [3.8, 4) is 0 Å². The smallest absolute Gasteiger partial charge is 0.261 e. The molecule has 1 aliphatic rings. The lowest BCUT2D eigenvalue weighted by atomic mass is 10.1. The second-order valence-corrected chi connectivity index (χ2v) is 7.26. The fourth-order valence-electron chi connectivity index (χ4n) is 2.93. The minimum atomic E-state index is -0.662. The largest absolute Gasteiger partial charge is 0.340 e. The van der Waals surface area contributed by atoms with Gasteiger partial charge in [-0.1, -0.05) is 6.07 Å². The predicted molar refractivity (Wildman–Crippen MR) is 103 cm³/mol. The quantitative estimate of drug-likeness (QED) is 0.848. The van der Waals surface area contributed by atoms with Crippen LogP contribution in [-0.4, -0.2) is 30.3 Å². The molecule has 0 saturated carbocycles. The van der Waals surface area contributed by atoms with E-state index in [4.69, 9.17) is 0 Å². The van der Waals surface area contributed by atoms with Crippen molar-refractivity contribution in [3.63, 3.8) is 0 Å². The zero-order valence-corrected chi connectivity index (χ0v) is 15.6. The second-order valence-electron chi connectivity index (χ2n) is 6.31. The Morgan fingerprint density at radius 2 is 2.08 bits per heavy atom. The summed E-state index contributed by atoms with van der Waals surface area (Å²) in [5, 5.41) is 7.31. The number of thiophene rings is 1. The van der Waals surface area contributed by atoms with Crippen LogP contribution < -0.4 is 15.5 Å². The minimum absolute atomic E-state index is 0.134. The van der Waals surface area contributed by atoms with E-state index < -0.39 is 6.04 Å². The van der Waals surface area contributed by atoms with Gasteiger partial charge in [-0.05, 0) is 55.5 Å². The molecule has 1 atom stereocenters. The third-order valence-corrected chi connectivity index (χ3v) is 5.18. The van der Waals surface area contributed by atoms with Crippen molar-refractivity contribution in [1.82, 2.24) is 5.32 Å². The molecule has 0 bridgehead atoms. The molecule has 1 aromatic heterocycles. The summed E-state index contributed by atoms with van der Waals surface area (Å²) in [6.07, 6.45) is 1.46. The SMILES string of the molecule is Cc1cc(NC(=O)[C@@H](C)NC(=O)c2cccs2)ccc1N1CCCC1=O. The molecule has 26 heavy (non-hydrogen) atoms. The predicted octanol–water partition coefficient (Wildman–Crippen LogP) is 2.94. The van der Waals surface area contributed by atoms with E-state index in [-0.39, 0.29) is 17.7 Å². The van der Waals surface area contributed by atoms with Gasteiger partial charge in [-0.2, -0.15) is 0 Å². The summed E-state index contributed by atoms with van der Waals surface area (Å²) in [4.78, 5) is 38.6. The van der Waals surface area contributed by atoms with Gasteiger partial charge in [0, 0.05) is 24.3 Å². The van der Waals surface area contributed by atoms with Crippen LogP contribution in [0.3, 0.4) is 0 Å². The Morgan fingerprint density at radius 3 is 2.69 bits per heavy atom. The molecule has 1 aliphatic heterocycles. The lowest BCUT2D eigenvalue weighted by Crippen LogP contribution is -2.41. The fourth-order valence-corrected chi connectivity index (χ4v) is 3.56. The van der Waals surface area contributed by atoms with Crippen molar-refractivity contribution in [2.24, 2.45) is 0 Å². The van der Waals surface area contributed by atoms with Gasteiger partial charge in [0.1, 0.15) is 6.04 Å². The van der Waals surface area contributed by atoms with E-state index >= 15 is 0 Å². The van der Waals surface area contributed by atoms with Crippen LogP contribution in [0.1, 0.15) is 35.0 Å². The van der Waals surface area contributed by atoms with Crippen molar-refractivity contribution in [3.05, 3.63) is 46.2 Å². The molecular weight excluding hydrogens is 350 g/mol. The highest BCUT2D eigenvalue weighted by Crippen LogP contribution is 2.27. The number of rotatable bonds is 5. The van der Waals surface area contributed by atoms with Crippen molar-refractivity contribution < 1.29 is 14.4 Å². The normalized spacial score (nSPS) is 15.0. The second kappa shape index (κ2) is 7.70. The van der Waals surface area contributed by atoms with E-state index in [1.807, 2.05) is 24.4 Å². The molecule has 3 rings (SSSR count). The summed E-state index contributed by atoms with van der Waals surface area (Å²) in [7, 11) is 0. The number of carbonyl (C=O) groups excluding carboxylic acids is 3. The Bertz CT molecular complexity index is 833. The number of nitrogens with one attached hydrogen (secondary N) is 2. The van der Waals surface area contributed by atoms with Gasteiger partial charge in [-0.3, -0.25) is 14.4 Å². The fraction of sp³-hybridized carbons (Fsp3) is 0.316. The average molecular weight is 371 g/mol. The van der Waals surface area contributed by atoms with Crippen LogP contribution >= 0.6 is 11.3 Å². The van der Waals surface area contributed by atoms with Gasteiger partial charge in [0.2, 0.25) is 11.8 Å². The van der Waals surface area contributed by atoms with Crippen LogP contribution in [0.2, 0.25) is 0 Å². The van der Waals surface area contributed by atoms with E-state index in [9.17, 15) is 14.4 Å². The first-order chi connectivity index (χ1) is 12.5. The number of hydrogen-bond acceptors (Lipinski definition) is 4. The Morgan fingerprint density at radius 1 is 1.27 bits per heavy atom. The zero-order valence-electron chi connectivity index (χ0n) is 14.7. The van der Waals surface area contributed by atoms with Gasteiger partial charge in [0.15, 0.2) is 0 Å². The van der Waals surface area contributed by atoms with E-state index in [2.05, 4.69) is 10.6 Å². The first kappa shape index (κ1) is 18.1. The molecule has 1 aromatic carbocycles. The van der Waals surface area contributed by atoms with Crippen LogP contribution in [0.15, 0.2) is 35.7 Å². The lowest BCUT2D eigenvalue weighted by molar-refractivity contribution is -0.118. The van der Waals surface area contributed by atoms with E-state index in [0.29, 0.717) is 17.0 Å². The third-order valence-electron chi connectivity index (χ3n) is 4.31. The summed E-state index contributed by atoms with van der Waals surface area (Å²) >= 11 is 1.33. The summed E-state index contributed by atoms with van der Waals surface area (Å²) in [6.45, 7) is 4.29. The van der Waals surface area contributed by atoms with Gasteiger partial charge >= 0.3 is 0 Å². The third kappa shape index (κ3) is 3.94. The van der Waals surface area contributed by atoms with Crippen LogP contribution in [0, 0.1) is 6.92 Å². The molecule has 3 amide bonds. The molecule has 136 valence electrons. The Balaban J connectivity index is 1.63. The van der Waals surface area contributed by atoms with Gasteiger partial charge in [-0.25, -0.2) is 0 Å². The number of benzene rings is 1. The molecule has 2 N–H and O–H groups in total. The van der Waals surface area contributed by atoms with Crippen molar-refractivity contribution >= 4 is 40.4 Å². The minimum Gasteiger partial charge on any atom is -0.340 e. The molecule has 1 fully saturated rings. The number of anilines is 2. The standard InChI is InChI=1S/C19H21N3O3S/c1-12-11-14(7-8-15(12)22-9-3-6-17(22)23)21-18(24)13(2)20-19(25)16-5-4-10-26-16/h4-5,7-8,10-11,13H,3,6,9H2,1-2H3,(H,20,25)(H,21,24)/t13-/m1/s1. The molecular formula is C19H21N3O3S. The van der Waals surface area contributed by atoms with E-state index in [1.54, 1.807) is 30.0 Å². The average Bonchev–Trinajstić information content (AvgIpc) is 3.27. The van der Waals surface area contributed by atoms with Gasteiger partial charge < -0.3 is 15.5 Å². The molecule has 0 unspecified atom stereocenters. The highest BCUT2D eigenvalue weighted by Gasteiger charge is 2.23. The van der Waals surface area contributed by atoms with Gasteiger partial charge in [0.25, 0.3) is 5.91 Å². The maximum atomic E-state index is 12.3. The van der Waals surface area contributed by atoms with Crippen molar-refractivity contribution in [1.29, 1.82) is 0 Å². The number of hydrogen-bond donors (Lipinski definition) is 2. The topological polar surface area (TPSA) is 78.5 Å².